The van der Waals surface area contributed by atoms with E-state index in [0.29, 0.717) is 23.4 Å². The highest BCUT2D eigenvalue weighted by Crippen LogP contribution is 2.30. The summed E-state index contributed by atoms with van der Waals surface area (Å²) < 4.78 is 0. The van der Waals surface area contributed by atoms with E-state index in [1.165, 1.54) is 16.7 Å². The van der Waals surface area contributed by atoms with Crippen LogP contribution in [0.25, 0.3) is 0 Å². The largest absolute Gasteiger partial charge is 0.366 e. The van der Waals surface area contributed by atoms with Gasteiger partial charge < -0.3 is 15.5 Å². The minimum absolute atomic E-state index is 0.142. The molecule has 5 heteroatoms. The molecule has 1 aliphatic rings. The number of anilines is 2. The second kappa shape index (κ2) is 11.1. The summed E-state index contributed by atoms with van der Waals surface area (Å²) in [5.41, 5.74) is 7.52. The van der Waals surface area contributed by atoms with Gasteiger partial charge in [0.25, 0.3) is 11.8 Å². The molecule has 0 aliphatic carbocycles. The molecule has 186 valence electrons. The Balaban J connectivity index is 1.38. The van der Waals surface area contributed by atoms with Crippen molar-refractivity contribution in [3.63, 3.8) is 0 Å². The number of hydrogen-bond donors (Lipinski definition) is 2. The third-order valence-corrected chi connectivity index (χ3v) is 6.83. The number of rotatable bonds is 7. The quantitative estimate of drug-likeness (QED) is 0.346. The molecule has 0 saturated carbocycles. The van der Waals surface area contributed by atoms with Gasteiger partial charge in [-0.3, -0.25) is 9.59 Å². The molecule has 5 nitrogen and oxygen atoms in total. The van der Waals surface area contributed by atoms with Gasteiger partial charge in [0.05, 0.1) is 5.56 Å². The SMILES string of the molecule is Cc1ccc(C(=O)Nc2ccc(N3CCc4ccccc4C3)c(C(=O)NCCc3ccccc3)c2)cc1. The molecular weight excluding hydrogens is 458 g/mol. The highest BCUT2D eigenvalue weighted by Gasteiger charge is 2.22. The van der Waals surface area contributed by atoms with Crippen molar-refractivity contribution < 1.29 is 9.59 Å². The number of benzene rings is 4. The Kier molecular flexibility index (Phi) is 7.31. The van der Waals surface area contributed by atoms with Crippen LogP contribution in [0.4, 0.5) is 11.4 Å². The number of carbonyl (C=O) groups is 2. The van der Waals surface area contributed by atoms with Crippen LogP contribution in [-0.2, 0) is 19.4 Å². The normalized spacial score (nSPS) is 12.5. The number of amides is 2. The smallest absolute Gasteiger partial charge is 0.255 e. The van der Waals surface area contributed by atoms with E-state index in [4.69, 9.17) is 0 Å². The van der Waals surface area contributed by atoms with Crippen molar-refractivity contribution in [1.29, 1.82) is 0 Å². The number of carbonyl (C=O) groups excluding carboxylic acids is 2. The summed E-state index contributed by atoms with van der Waals surface area (Å²) in [6, 6.07) is 31.6. The second-order valence-electron chi connectivity index (χ2n) is 9.48. The Hall–Kier alpha value is -4.38. The minimum Gasteiger partial charge on any atom is -0.366 e. The zero-order chi connectivity index (χ0) is 25.6. The first kappa shape index (κ1) is 24.3. The molecule has 1 heterocycles. The monoisotopic (exact) mass is 489 g/mol. The van der Waals surface area contributed by atoms with Crippen LogP contribution < -0.4 is 15.5 Å². The number of hydrogen-bond acceptors (Lipinski definition) is 3. The molecule has 37 heavy (non-hydrogen) atoms. The van der Waals surface area contributed by atoms with E-state index in [1.807, 2.05) is 49.4 Å². The second-order valence-corrected chi connectivity index (χ2v) is 9.48. The molecule has 2 N–H and O–H groups in total. The van der Waals surface area contributed by atoms with Crippen molar-refractivity contribution in [2.45, 2.75) is 26.3 Å². The molecule has 2 amide bonds. The fourth-order valence-corrected chi connectivity index (χ4v) is 4.74. The molecule has 1 aliphatic heterocycles. The number of nitrogens with zero attached hydrogens (tertiary/aromatic N) is 1. The van der Waals surface area contributed by atoms with Crippen LogP contribution in [0.3, 0.4) is 0 Å². The first-order chi connectivity index (χ1) is 18.1. The van der Waals surface area contributed by atoms with Gasteiger partial charge in [0.1, 0.15) is 0 Å². The molecule has 0 aromatic heterocycles. The number of aryl methyl sites for hydroxylation is 1. The van der Waals surface area contributed by atoms with Crippen LogP contribution in [0.2, 0.25) is 0 Å². The maximum absolute atomic E-state index is 13.4. The maximum Gasteiger partial charge on any atom is 0.255 e. The summed E-state index contributed by atoms with van der Waals surface area (Å²) in [6.45, 7) is 4.10. The third kappa shape index (κ3) is 5.89. The third-order valence-electron chi connectivity index (χ3n) is 6.83. The van der Waals surface area contributed by atoms with Gasteiger partial charge in [-0.25, -0.2) is 0 Å². The van der Waals surface area contributed by atoms with E-state index < -0.39 is 0 Å². The molecule has 0 fully saturated rings. The lowest BCUT2D eigenvalue weighted by Crippen LogP contribution is -2.33. The first-order valence-corrected chi connectivity index (χ1v) is 12.7. The van der Waals surface area contributed by atoms with Crippen LogP contribution in [0.15, 0.2) is 97.1 Å². The minimum atomic E-state index is -0.199. The summed E-state index contributed by atoms with van der Waals surface area (Å²) in [7, 11) is 0. The van der Waals surface area contributed by atoms with Gasteiger partial charge in [0.15, 0.2) is 0 Å². The van der Waals surface area contributed by atoms with Crippen LogP contribution in [0.5, 0.6) is 0 Å². The average molecular weight is 490 g/mol. The molecule has 5 rings (SSSR count). The molecule has 4 aromatic rings. The highest BCUT2D eigenvalue weighted by atomic mass is 16.2. The highest BCUT2D eigenvalue weighted by molar-refractivity contribution is 6.06. The number of fused-ring (bicyclic) bond motifs is 1. The standard InChI is InChI=1S/C32H31N3O2/c1-23-11-13-26(14-12-23)31(36)34-28-15-16-30(35-20-18-25-9-5-6-10-27(25)22-35)29(21-28)32(37)33-19-17-24-7-3-2-4-8-24/h2-16,21H,17-20,22H2,1H3,(H,33,37)(H,34,36). The summed E-state index contributed by atoms with van der Waals surface area (Å²) in [5, 5.41) is 6.05. The van der Waals surface area contributed by atoms with Crippen molar-refractivity contribution in [3.05, 3.63) is 130 Å². The van der Waals surface area contributed by atoms with Gasteiger partial charge >= 0.3 is 0 Å². The molecular formula is C32H31N3O2. The fraction of sp³-hybridized carbons (Fsp3) is 0.188. The summed E-state index contributed by atoms with van der Waals surface area (Å²) in [5.74, 6) is -0.341. The van der Waals surface area contributed by atoms with Crippen molar-refractivity contribution in [2.75, 3.05) is 23.3 Å². The predicted molar refractivity (Wildman–Crippen MR) is 149 cm³/mol. The first-order valence-electron chi connectivity index (χ1n) is 12.7. The van der Waals surface area contributed by atoms with E-state index >= 15 is 0 Å². The van der Waals surface area contributed by atoms with Gasteiger partial charge in [-0.05, 0) is 66.8 Å². The Morgan fingerprint density at radius 1 is 0.811 bits per heavy atom. The number of nitrogens with one attached hydrogen (secondary N) is 2. The van der Waals surface area contributed by atoms with E-state index in [9.17, 15) is 9.59 Å². The fourth-order valence-electron chi connectivity index (χ4n) is 4.74. The van der Waals surface area contributed by atoms with E-state index in [0.717, 1.165) is 37.2 Å². The Morgan fingerprint density at radius 3 is 2.32 bits per heavy atom. The van der Waals surface area contributed by atoms with E-state index in [2.05, 4.69) is 51.9 Å². The zero-order valence-electron chi connectivity index (χ0n) is 21.0. The predicted octanol–water partition coefficient (Wildman–Crippen LogP) is 5.78. The van der Waals surface area contributed by atoms with E-state index in [-0.39, 0.29) is 11.8 Å². The zero-order valence-corrected chi connectivity index (χ0v) is 21.0. The molecule has 0 unspecified atom stereocenters. The lowest BCUT2D eigenvalue weighted by molar-refractivity contribution is 0.0953. The van der Waals surface area contributed by atoms with Crippen molar-refractivity contribution in [1.82, 2.24) is 5.32 Å². The molecule has 0 spiro atoms. The molecule has 0 saturated heterocycles. The average Bonchev–Trinajstić information content (AvgIpc) is 2.93. The Morgan fingerprint density at radius 2 is 1.54 bits per heavy atom. The van der Waals surface area contributed by atoms with Gasteiger partial charge in [-0.1, -0.05) is 72.3 Å². The van der Waals surface area contributed by atoms with Crippen molar-refractivity contribution in [3.8, 4) is 0 Å². The molecule has 0 atom stereocenters. The topological polar surface area (TPSA) is 61.4 Å². The van der Waals surface area contributed by atoms with Gasteiger partial charge in [0, 0.05) is 36.6 Å². The lowest BCUT2D eigenvalue weighted by Gasteiger charge is -2.32. The van der Waals surface area contributed by atoms with Gasteiger partial charge in [0.2, 0.25) is 0 Å². The van der Waals surface area contributed by atoms with Crippen molar-refractivity contribution >= 4 is 23.2 Å². The summed E-state index contributed by atoms with van der Waals surface area (Å²) in [6.07, 6.45) is 1.68. The maximum atomic E-state index is 13.4. The van der Waals surface area contributed by atoms with Crippen LogP contribution in [0, 0.1) is 6.92 Å². The molecule has 4 aromatic carbocycles. The van der Waals surface area contributed by atoms with E-state index in [1.54, 1.807) is 18.2 Å². The van der Waals surface area contributed by atoms with Gasteiger partial charge in [-0.2, -0.15) is 0 Å². The van der Waals surface area contributed by atoms with Crippen LogP contribution >= 0.6 is 0 Å². The van der Waals surface area contributed by atoms with Crippen LogP contribution in [-0.4, -0.2) is 24.9 Å². The van der Waals surface area contributed by atoms with Crippen LogP contribution in [0.1, 0.15) is 43.0 Å². The summed E-state index contributed by atoms with van der Waals surface area (Å²) in [4.78, 5) is 28.5. The van der Waals surface area contributed by atoms with Crippen molar-refractivity contribution in [2.24, 2.45) is 0 Å². The van der Waals surface area contributed by atoms with Gasteiger partial charge in [-0.15, -0.1) is 0 Å². The summed E-state index contributed by atoms with van der Waals surface area (Å²) >= 11 is 0. The molecule has 0 radical (unpaired) electrons. The lowest BCUT2D eigenvalue weighted by atomic mass is 9.98. The Bertz CT molecular complexity index is 1400. The Labute approximate surface area is 218 Å². The molecule has 0 bridgehead atoms.